The van der Waals surface area contributed by atoms with Gasteiger partial charge in [-0.15, -0.1) is 0 Å². The number of carbonyl (C=O) groups excluding carboxylic acids is 1. The van der Waals surface area contributed by atoms with E-state index in [9.17, 15) is 14.7 Å². The highest BCUT2D eigenvalue weighted by atomic mass is 16.4. The maximum absolute atomic E-state index is 12.7. The summed E-state index contributed by atoms with van der Waals surface area (Å²) in [6.45, 7) is 5.95. The van der Waals surface area contributed by atoms with E-state index in [0.29, 0.717) is 0 Å². The Morgan fingerprint density at radius 1 is 1.05 bits per heavy atom. The van der Waals surface area contributed by atoms with E-state index in [1.54, 1.807) is 0 Å². The zero-order valence-corrected chi connectivity index (χ0v) is 13.1. The van der Waals surface area contributed by atoms with Gasteiger partial charge in [-0.2, -0.15) is 0 Å². The lowest BCUT2D eigenvalue weighted by atomic mass is 9.82. The lowest BCUT2D eigenvalue weighted by Gasteiger charge is -2.24. The molecule has 1 amide bonds. The average molecular weight is 299 g/mol. The number of nitrogens with one attached hydrogen (secondary N) is 1. The molecular formula is C18H21NO3. The minimum atomic E-state index is -0.866. The van der Waals surface area contributed by atoms with Crippen molar-refractivity contribution in [3.63, 3.8) is 0 Å². The molecular weight excluding hydrogens is 278 g/mol. The maximum Gasteiger partial charge on any atom is 0.307 e. The van der Waals surface area contributed by atoms with E-state index in [1.807, 2.05) is 45.1 Å². The molecule has 2 bridgehead atoms. The quantitative estimate of drug-likeness (QED) is 0.843. The van der Waals surface area contributed by atoms with Gasteiger partial charge >= 0.3 is 5.97 Å². The summed E-state index contributed by atoms with van der Waals surface area (Å²) in [5.74, 6) is -2.04. The Kier molecular flexibility index (Phi) is 3.55. The van der Waals surface area contributed by atoms with E-state index in [2.05, 4.69) is 5.32 Å². The van der Waals surface area contributed by atoms with Gasteiger partial charge in [0, 0.05) is 5.69 Å². The number of carboxylic acid groups (broad SMARTS) is 1. The van der Waals surface area contributed by atoms with Crippen LogP contribution >= 0.6 is 0 Å². The molecule has 0 aromatic heterocycles. The largest absolute Gasteiger partial charge is 0.481 e. The first-order chi connectivity index (χ1) is 10.4. The van der Waals surface area contributed by atoms with Crippen LogP contribution in [0.2, 0.25) is 0 Å². The van der Waals surface area contributed by atoms with Gasteiger partial charge in [0.25, 0.3) is 0 Å². The van der Waals surface area contributed by atoms with Gasteiger partial charge in [0.15, 0.2) is 0 Å². The van der Waals surface area contributed by atoms with E-state index in [0.717, 1.165) is 28.8 Å². The number of carboxylic acids is 1. The maximum atomic E-state index is 12.7. The monoisotopic (exact) mass is 299 g/mol. The Hall–Kier alpha value is -2.10. The molecule has 2 aliphatic rings. The van der Waals surface area contributed by atoms with Crippen LogP contribution < -0.4 is 5.32 Å². The number of anilines is 1. The zero-order chi connectivity index (χ0) is 16.0. The van der Waals surface area contributed by atoms with Crippen LogP contribution in [0.15, 0.2) is 24.3 Å². The van der Waals surface area contributed by atoms with Crippen molar-refractivity contribution in [1.29, 1.82) is 0 Å². The number of rotatable bonds is 3. The summed E-state index contributed by atoms with van der Waals surface area (Å²) in [5.41, 5.74) is 3.98. The summed E-state index contributed by atoms with van der Waals surface area (Å²) in [7, 11) is 0. The summed E-state index contributed by atoms with van der Waals surface area (Å²) >= 11 is 0. The first kappa shape index (κ1) is 14.8. The highest BCUT2D eigenvalue weighted by Gasteiger charge is 2.51. The SMILES string of the molecule is Cc1cc(C)c(NC(=O)[C@@H]2[C@@H](C(=O)O)[C@H]3C=C[C@H]2C3)c(C)c1. The van der Waals surface area contributed by atoms with Gasteiger partial charge in [0.1, 0.15) is 0 Å². The van der Waals surface area contributed by atoms with E-state index in [-0.39, 0.29) is 17.7 Å². The van der Waals surface area contributed by atoms with Gasteiger partial charge in [-0.1, -0.05) is 29.8 Å². The molecule has 116 valence electrons. The van der Waals surface area contributed by atoms with Crippen LogP contribution in [0.5, 0.6) is 0 Å². The van der Waals surface area contributed by atoms with Crippen molar-refractivity contribution in [3.05, 3.63) is 41.0 Å². The van der Waals surface area contributed by atoms with Crippen LogP contribution in [0.4, 0.5) is 5.69 Å². The number of aryl methyl sites for hydroxylation is 3. The Labute approximate surface area is 130 Å². The van der Waals surface area contributed by atoms with Crippen molar-refractivity contribution < 1.29 is 14.7 Å². The molecule has 0 heterocycles. The first-order valence-corrected chi connectivity index (χ1v) is 7.68. The summed E-state index contributed by atoms with van der Waals surface area (Å²) in [6, 6.07) is 4.05. The smallest absolute Gasteiger partial charge is 0.307 e. The van der Waals surface area contributed by atoms with Gasteiger partial charge in [0.2, 0.25) is 5.91 Å². The van der Waals surface area contributed by atoms with Crippen LogP contribution in [0.25, 0.3) is 0 Å². The molecule has 0 unspecified atom stereocenters. The number of fused-ring (bicyclic) bond motifs is 2. The minimum absolute atomic E-state index is 0.00142. The number of hydrogen-bond acceptors (Lipinski definition) is 2. The lowest BCUT2D eigenvalue weighted by molar-refractivity contribution is -0.146. The molecule has 3 rings (SSSR count). The number of aliphatic carboxylic acids is 1. The zero-order valence-electron chi connectivity index (χ0n) is 13.1. The molecule has 1 saturated carbocycles. The normalized spacial score (nSPS) is 28.9. The summed E-state index contributed by atoms with van der Waals surface area (Å²) in [6.07, 6.45) is 4.74. The van der Waals surface area contributed by atoms with Crippen LogP contribution in [-0.2, 0) is 9.59 Å². The van der Waals surface area contributed by atoms with Crippen molar-refractivity contribution in [1.82, 2.24) is 0 Å². The predicted octanol–water partition coefficient (Wildman–Crippen LogP) is 3.07. The second kappa shape index (κ2) is 5.27. The molecule has 1 aromatic carbocycles. The summed E-state index contributed by atoms with van der Waals surface area (Å²) in [4.78, 5) is 24.2. The Morgan fingerprint density at radius 2 is 1.59 bits per heavy atom. The Bertz CT molecular complexity index is 654. The molecule has 4 atom stereocenters. The predicted molar refractivity (Wildman–Crippen MR) is 84.6 cm³/mol. The summed E-state index contributed by atoms with van der Waals surface area (Å²) in [5, 5.41) is 12.4. The molecule has 1 aromatic rings. The van der Waals surface area contributed by atoms with Gasteiger partial charge in [-0.05, 0) is 50.2 Å². The third kappa shape index (κ3) is 2.32. The van der Waals surface area contributed by atoms with Gasteiger partial charge in [0.05, 0.1) is 11.8 Å². The van der Waals surface area contributed by atoms with E-state index >= 15 is 0 Å². The number of allylic oxidation sites excluding steroid dienone is 2. The van der Waals surface area contributed by atoms with Crippen LogP contribution in [-0.4, -0.2) is 17.0 Å². The molecule has 0 aliphatic heterocycles. The molecule has 2 aliphatic carbocycles. The fourth-order valence-corrected chi connectivity index (χ4v) is 4.10. The van der Waals surface area contributed by atoms with Gasteiger partial charge in [-0.25, -0.2) is 0 Å². The number of hydrogen-bond donors (Lipinski definition) is 2. The molecule has 2 N–H and O–H groups in total. The average Bonchev–Trinajstić information content (AvgIpc) is 3.02. The van der Waals surface area contributed by atoms with E-state index in [1.165, 1.54) is 0 Å². The molecule has 4 nitrogen and oxygen atoms in total. The standard InChI is InChI=1S/C18H21NO3/c1-9-6-10(2)16(11(3)7-9)19-17(20)14-12-4-5-13(8-12)15(14)18(21)22/h4-7,12-15H,8H2,1-3H3,(H,19,20)(H,21,22)/t12-,13-,14-,15-/m0/s1. The summed E-state index contributed by atoms with van der Waals surface area (Å²) < 4.78 is 0. The highest BCUT2D eigenvalue weighted by Crippen LogP contribution is 2.48. The van der Waals surface area contributed by atoms with Gasteiger partial charge < -0.3 is 10.4 Å². The molecule has 22 heavy (non-hydrogen) atoms. The molecule has 0 spiro atoms. The molecule has 0 radical (unpaired) electrons. The first-order valence-electron chi connectivity index (χ1n) is 7.68. The van der Waals surface area contributed by atoms with Crippen molar-refractivity contribution in [3.8, 4) is 0 Å². The molecule has 1 fully saturated rings. The molecule has 0 saturated heterocycles. The third-order valence-electron chi connectivity index (χ3n) is 4.97. The molecule has 4 heteroatoms. The van der Waals surface area contributed by atoms with Crippen LogP contribution in [0, 0.1) is 44.4 Å². The van der Waals surface area contributed by atoms with Crippen LogP contribution in [0.1, 0.15) is 23.1 Å². The fraction of sp³-hybridized carbons (Fsp3) is 0.444. The van der Waals surface area contributed by atoms with Crippen molar-refractivity contribution in [2.24, 2.45) is 23.7 Å². The minimum Gasteiger partial charge on any atom is -0.481 e. The second-order valence-corrected chi connectivity index (χ2v) is 6.60. The van der Waals surface area contributed by atoms with Crippen molar-refractivity contribution in [2.45, 2.75) is 27.2 Å². The topological polar surface area (TPSA) is 66.4 Å². The number of amides is 1. The highest BCUT2D eigenvalue weighted by molar-refractivity contribution is 5.97. The Morgan fingerprint density at radius 3 is 2.14 bits per heavy atom. The lowest BCUT2D eigenvalue weighted by Crippen LogP contribution is -2.36. The van der Waals surface area contributed by atoms with Crippen molar-refractivity contribution >= 4 is 17.6 Å². The third-order valence-corrected chi connectivity index (χ3v) is 4.97. The second-order valence-electron chi connectivity index (χ2n) is 6.60. The number of carbonyl (C=O) groups is 2. The van der Waals surface area contributed by atoms with Crippen LogP contribution in [0.3, 0.4) is 0 Å². The fourth-order valence-electron chi connectivity index (χ4n) is 4.10. The van der Waals surface area contributed by atoms with E-state index in [4.69, 9.17) is 0 Å². The van der Waals surface area contributed by atoms with Crippen molar-refractivity contribution in [2.75, 3.05) is 5.32 Å². The van der Waals surface area contributed by atoms with E-state index < -0.39 is 17.8 Å². The Balaban J connectivity index is 1.86. The number of benzene rings is 1. The van der Waals surface area contributed by atoms with Gasteiger partial charge in [-0.3, -0.25) is 9.59 Å².